The molecule has 0 aliphatic rings. The van der Waals surface area contributed by atoms with Gasteiger partial charge in [-0.15, -0.1) is 0 Å². The van der Waals surface area contributed by atoms with Crippen LogP contribution < -0.4 is 22.9 Å². The Hall–Kier alpha value is -10.6. The second kappa shape index (κ2) is 31.0. The minimum atomic E-state index is -0.952. The van der Waals surface area contributed by atoms with Gasteiger partial charge in [-0.1, -0.05) is 144 Å². The fraction of sp³-hybridized carbons (Fsp3) is 0.143. The molecule has 0 saturated carbocycles. The molecule has 81 heavy (non-hydrogen) atoms. The van der Waals surface area contributed by atoms with Crippen LogP contribution in [0.4, 0.5) is 11.4 Å². The first-order valence-corrected chi connectivity index (χ1v) is 25.2. The minimum Gasteiger partial charge on any atom is -0.478 e. The molecule has 0 radical (unpaired) electrons. The van der Waals surface area contributed by atoms with Crippen molar-refractivity contribution in [3.05, 3.63) is 292 Å². The van der Waals surface area contributed by atoms with Crippen molar-refractivity contribution >= 4 is 46.7 Å². The molecule has 0 saturated heterocycles. The van der Waals surface area contributed by atoms with Crippen molar-refractivity contribution in [3.8, 4) is 0 Å². The highest BCUT2D eigenvalue weighted by Crippen LogP contribution is 2.15. The Morgan fingerprint density at radius 3 is 0.802 bits per heavy atom. The Balaban J connectivity index is 0.000000198. The molecular formula is C63H64N10O8. The molecule has 0 aliphatic heterocycles. The third kappa shape index (κ3) is 20.7. The third-order valence-corrected chi connectivity index (χ3v) is 12.0. The van der Waals surface area contributed by atoms with Crippen LogP contribution in [0.3, 0.4) is 0 Å². The maximum Gasteiger partial charge on any atom is 0.337 e. The van der Waals surface area contributed by atoms with E-state index in [2.05, 4.69) is 24.7 Å². The van der Waals surface area contributed by atoms with Crippen molar-refractivity contribution in [3.63, 3.8) is 0 Å². The highest BCUT2D eigenvalue weighted by molar-refractivity contribution is 6.00. The van der Waals surface area contributed by atoms with Gasteiger partial charge in [0.1, 0.15) is 23.3 Å². The number of nitro groups is 2. The predicted molar refractivity (Wildman–Crippen MR) is 320 cm³/mol. The second-order valence-corrected chi connectivity index (χ2v) is 18.3. The summed E-state index contributed by atoms with van der Waals surface area (Å²) in [6.07, 6.45) is 0. The molecule has 0 unspecified atom stereocenters. The highest BCUT2D eigenvalue weighted by atomic mass is 16.6. The van der Waals surface area contributed by atoms with Gasteiger partial charge in [-0.3, -0.25) is 40.2 Å². The molecule has 414 valence electrons. The molecule has 8 rings (SSSR count). The summed E-state index contributed by atoms with van der Waals surface area (Å²) in [6, 6.07) is 57.7. The summed E-state index contributed by atoms with van der Waals surface area (Å²) in [6.45, 7) is 10.1. The Kier molecular flexibility index (Phi) is 23.4. The quantitative estimate of drug-likeness (QED) is 0.0198. The van der Waals surface area contributed by atoms with Gasteiger partial charge in [0, 0.05) is 46.5 Å². The number of hydrogen-bond acceptors (Lipinski definition) is 11. The van der Waals surface area contributed by atoms with Crippen molar-refractivity contribution < 1.29 is 29.3 Å². The van der Waals surface area contributed by atoms with Gasteiger partial charge < -0.3 is 32.8 Å². The maximum atomic E-state index is 11.3. The molecule has 8 aromatic rings. The van der Waals surface area contributed by atoms with Crippen molar-refractivity contribution in [2.75, 3.05) is 7.11 Å². The molecule has 0 aromatic heterocycles. The molecule has 18 heteroatoms. The first kappa shape index (κ1) is 61.2. The van der Waals surface area contributed by atoms with Crippen LogP contribution in [0, 0.1) is 47.9 Å². The normalized spacial score (nSPS) is 11.3. The number of nitrogens with zero attached hydrogens (tertiary/aromatic N) is 6. The van der Waals surface area contributed by atoms with Gasteiger partial charge in [-0.05, 0) is 98.5 Å². The molecule has 0 spiro atoms. The number of aryl methyl sites for hydroxylation is 4. The van der Waals surface area contributed by atoms with Crippen LogP contribution in [0.25, 0.3) is 0 Å². The number of amidine groups is 4. The SMILES string of the molecule is COC(=O)c1ccc(C(N)=NCc2ccc(C)cc2)cc1.Cc1ccc(CN=C(N)c2ccc(C(=O)O)cc2)cc1.Cc1ccc(CN=C(N)c2ccc([N+](=O)[O-])cc2)cc1.Cc1ccc(CN=C(N)c2ccc([N+](=O)[O-])cc2)cc1. The number of nitro benzene ring substituents is 2. The molecular weight excluding hydrogens is 1020 g/mol. The number of ether oxygens (including phenoxy) is 1. The lowest BCUT2D eigenvalue weighted by molar-refractivity contribution is -0.385. The molecule has 0 bridgehead atoms. The molecule has 0 amide bonds. The Morgan fingerprint density at radius 2 is 0.593 bits per heavy atom. The Morgan fingerprint density at radius 1 is 0.383 bits per heavy atom. The van der Waals surface area contributed by atoms with Crippen LogP contribution in [-0.2, 0) is 30.9 Å². The number of esters is 1. The number of rotatable bonds is 16. The number of carbonyl (C=O) groups is 2. The van der Waals surface area contributed by atoms with Crippen LogP contribution in [0.5, 0.6) is 0 Å². The lowest BCUT2D eigenvalue weighted by Crippen LogP contribution is -2.14. The summed E-state index contributed by atoms with van der Waals surface area (Å²) in [5.41, 5.74) is 36.5. The number of carbonyl (C=O) groups excluding carboxylic acids is 1. The van der Waals surface area contributed by atoms with Gasteiger partial charge in [0.05, 0.1) is 54.3 Å². The fourth-order valence-corrected chi connectivity index (χ4v) is 7.03. The van der Waals surface area contributed by atoms with Crippen molar-refractivity contribution in [1.29, 1.82) is 0 Å². The van der Waals surface area contributed by atoms with Crippen LogP contribution in [0.2, 0.25) is 0 Å². The van der Waals surface area contributed by atoms with Crippen molar-refractivity contribution in [2.45, 2.75) is 53.9 Å². The standard InChI is InChI=1S/C17H18N2O2.C16H16N2O2.2C15H15N3O2/c1-12-3-5-13(6-4-12)11-19-16(18)14-7-9-15(10-8-14)17(20)21-2;1-11-2-4-12(5-3-11)10-18-15(17)13-6-8-14(9-7-13)16(19)20;2*1-11-2-4-12(5-3-11)10-17-15(16)13-6-8-14(9-7-13)18(19)20/h3-10H,11H2,1-2H3,(H2,18,19);2-9H,10H2,1H3,(H2,17,18)(H,19,20);2*2-9H,10H2,1H3,(H2,16,17). The van der Waals surface area contributed by atoms with Gasteiger partial charge in [-0.2, -0.15) is 0 Å². The van der Waals surface area contributed by atoms with Crippen LogP contribution in [0.15, 0.2) is 214 Å². The van der Waals surface area contributed by atoms with E-state index in [1.54, 1.807) is 60.7 Å². The molecule has 0 heterocycles. The molecule has 8 aromatic carbocycles. The lowest BCUT2D eigenvalue weighted by Gasteiger charge is -2.04. The predicted octanol–water partition coefficient (Wildman–Crippen LogP) is 10.9. The zero-order valence-corrected chi connectivity index (χ0v) is 45.6. The lowest BCUT2D eigenvalue weighted by atomic mass is 10.1. The molecule has 0 fully saturated rings. The summed E-state index contributed by atoms with van der Waals surface area (Å²) in [5, 5.41) is 30.0. The maximum absolute atomic E-state index is 11.3. The fourth-order valence-electron chi connectivity index (χ4n) is 7.03. The van der Waals surface area contributed by atoms with E-state index in [-0.39, 0.29) is 22.9 Å². The number of aromatic carboxylic acids is 1. The molecule has 0 atom stereocenters. The van der Waals surface area contributed by atoms with Crippen LogP contribution in [0.1, 0.15) is 87.5 Å². The average Bonchev–Trinajstić information content (AvgIpc) is 3.51. The van der Waals surface area contributed by atoms with Crippen molar-refractivity contribution in [1.82, 2.24) is 0 Å². The van der Waals surface area contributed by atoms with E-state index in [0.717, 1.165) is 33.4 Å². The minimum absolute atomic E-state index is 0.0417. The average molecular weight is 1090 g/mol. The van der Waals surface area contributed by atoms with E-state index in [1.807, 2.05) is 125 Å². The van der Waals surface area contributed by atoms with E-state index in [4.69, 9.17) is 28.0 Å². The number of nitrogens with two attached hydrogens (primary N) is 4. The van der Waals surface area contributed by atoms with Crippen molar-refractivity contribution in [2.24, 2.45) is 42.9 Å². The summed E-state index contributed by atoms with van der Waals surface area (Å²) in [5.74, 6) is 0.291. The molecule has 18 nitrogen and oxygen atoms in total. The summed E-state index contributed by atoms with van der Waals surface area (Å²) < 4.78 is 4.65. The second-order valence-electron chi connectivity index (χ2n) is 18.3. The smallest absolute Gasteiger partial charge is 0.337 e. The number of methoxy groups -OCH3 is 1. The van der Waals surface area contributed by atoms with Gasteiger partial charge in [0.25, 0.3) is 11.4 Å². The summed E-state index contributed by atoms with van der Waals surface area (Å²) >= 11 is 0. The number of benzene rings is 8. The largest absolute Gasteiger partial charge is 0.478 e. The highest BCUT2D eigenvalue weighted by Gasteiger charge is 2.09. The van der Waals surface area contributed by atoms with E-state index in [9.17, 15) is 29.8 Å². The third-order valence-electron chi connectivity index (χ3n) is 12.0. The molecule has 0 aliphatic carbocycles. The Bertz CT molecular complexity index is 3200. The summed E-state index contributed by atoms with van der Waals surface area (Å²) in [4.78, 5) is 59.6. The van der Waals surface area contributed by atoms with Gasteiger partial charge >= 0.3 is 11.9 Å². The summed E-state index contributed by atoms with van der Waals surface area (Å²) in [7, 11) is 1.35. The van der Waals surface area contributed by atoms with E-state index >= 15 is 0 Å². The van der Waals surface area contributed by atoms with Gasteiger partial charge in [0.15, 0.2) is 0 Å². The monoisotopic (exact) mass is 1090 g/mol. The first-order chi connectivity index (χ1) is 38.8. The number of aliphatic imine (C=N–C) groups is 4. The zero-order valence-electron chi connectivity index (χ0n) is 45.6. The van der Waals surface area contributed by atoms with Gasteiger partial charge in [-0.25, -0.2) is 9.59 Å². The van der Waals surface area contributed by atoms with E-state index < -0.39 is 15.8 Å². The Labute approximate surface area is 470 Å². The van der Waals surface area contributed by atoms with Crippen LogP contribution in [-0.4, -0.2) is 57.3 Å². The van der Waals surface area contributed by atoms with Crippen LogP contribution >= 0.6 is 0 Å². The topological polar surface area (TPSA) is 303 Å². The molecule has 9 N–H and O–H groups in total. The number of carboxylic acids is 1. The zero-order chi connectivity index (χ0) is 58.8. The number of non-ortho nitro benzene ring substituents is 2. The number of hydrogen-bond donors (Lipinski definition) is 5. The number of carboxylic acid groups (broad SMARTS) is 1. The van der Waals surface area contributed by atoms with E-state index in [1.165, 1.54) is 65.8 Å². The first-order valence-electron chi connectivity index (χ1n) is 25.2. The van der Waals surface area contributed by atoms with Gasteiger partial charge in [0.2, 0.25) is 0 Å². The van der Waals surface area contributed by atoms with E-state index in [0.29, 0.717) is 66.2 Å².